The van der Waals surface area contributed by atoms with Crippen LogP contribution in [0.2, 0.25) is 0 Å². The Kier molecular flexibility index (Phi) is 4.54. The zero-order valence-electron chi connectivity index (χ0n) is 15.5. The fourth-order valence-corrected chi connectivity index (χ4v) is 2.97. The first-order valence-electron chi connectivity index (χ1n) is 8.25. The third kappa shape index (κ3) is 3.20. The number of ether oxygens (including phenoxy) is 1. The molecule has 7 nitrogen and oxygen atoms in total. The molecule has 0 unspecified atom stereocenters. The highest BCUT2D eigenvalue weighted by Crippen LogP contribution is 2.30. The third-order valence-corrected chi connectivity index (χ3v) is 4.27. The Bertz CT molecular complexity index is 1010. The van der Waals surface area contributed by atoms with E-state index in [4.69, 9.17) is 9.15 Å². The zero-order valence-corrected chi connectivity index (χ0v) is 15.5. The van der Waals surface area contributed by atoms with Gasteiger partial charge in [0, 0.05) is 24.1 Å². The van der Waals surface area contributed by atoms with Gasteiger partial charge in [0.1, 0.15) is 11.4 Å². The quantitative estimate of drug-likeness (QED) is 0.726. The van der Waals surface area contributed by atoms with Gasteiger partial charge in [0.25, 0.3) is 5.91 Å². The minimum Gasteiger partial charge on any atom is -0.450 e. The number of amides is 1. The van der Waals surface area contributed by atoms with Crippen LogP contribution >= 0.6 is 0 Å². The largest absolute Gasteiger partial charge is 0.450 e. The lowest BCUT2D eigenvalue weighted by Crippen LogP contribution is -2.22. The predicted molar refractivity (Wildman–Crippen MR) is 97.3 cm³/mol. The average Bonchev–Trinajstić information content (AvgIpc) is 3.09. The SMILES string of the molecule is Cc1cc(NC(=O)COC(=O)c2oc3c(C)ccc(C)c3c2C)n(C)n1. The van der Waals surface area contributed by atoms with Crippen molar-refractivity contribution in [3.05, 3.63) is 46.3 Å². The number of rotatable bonds is 4. The zero-order chi connectivity index (χ0) is 19.0. The molecule has 0 spiro atoms. The number of aromatic nitrogens is 2. The lowest BCUT2D eigenvalue weighted by molar-refractivity contribution is -0.119. The van der Waals surface area contributed by atoms with E-state index >= 15 is 0 Å². The number of furan rings is 1. The second-order valence-electron chi connectivity index (χ2n) is 6.38. The summed E-state index contributed by atoms with van der Waals surface area (Å²) >= 11 is 0. The third-order valence-electron chi connectivity index (χ3n) is 4.27. The second-order valence-corrected chi connectivity index (χ2v) is 6.38. The Morgan fingerprint density at radius 2 is 1.88 bits per heavy atom. The molecule has 0 bridgehead atoms. The number of nitrogens with zero attached hydrogens (tertiary/aromatic N) is 2. The molecule has 7 heteroatoms. The molecule has 1 aromatic carbocycles. The minimum absolute atomic E-state index is 0.126. The van der Waals surface area contributed by atoms with Crippen LogP contribution in [0.15, 0.2) is 22.6 Å². The molecule has 0 aliphatic heterocycles. The van der Waals surface area contributed by atoms with E-state index in [0.29, 0.717) is 17.0 Å². The Hall–Kier alpha value is -3.09. The molecule has 1 N–H and O–H groups in total. The van der Waals surface area contributed by atoms with Gasteiger partial charge in [0.05, 0.1) is 5.69 Å². The van der Waals surface area contributed by atoms with Crippen molar-refractivity contribution in [3.8, 4) is 0 Å². The molecule has 2 heterocycles. The minimum atomic E-state index is -0.658. The number of anilines is 1. The first-order valence-corrected chi connectivity index (χ1v) is 8.25. The van der Waals surface area contributed by atoms with E-state index in [9.17, 15) is 9.59 Å². The van der Waals surface area contributed by atoms with E-state index in [1.54, 1.807) is 17.8 Å². The molecule has 3 rings (SSSR count). The highest BCUT2D eigenvalue weighted by Gasteiger charge is 2.22. The van der Waals surface area contributed by atoms with Crippen LogP contribution in [0.25, 0.3) is 11.0 Å². The number of aryl methyl sites for hydroxylation is 5. The average molecular weight is 355 g/mol. The molecule has 0 aliphatic carbocycles. The summed E-state index contributed by atoms with van der Waals surface area (Å²) < 4.78 is 12.4. The highest BCUT2D eigenvalue weighted by atomic mass is 16.5. The van der Waals surface area contributed by atoms with Crippen LogP contribution in [0.3, 0.4) is 0 Å². The Labute approximate surface area is 150 Å². The van der Waals surface area contributed by atoms with Gasteiger partial charge in [0.2, 0.25) is 5.76 Å². The molecule has 2 aromatic heterocycles. The van der Waals surface area contributed by atoms with Crippen LogP contribution in [0.1, 0.15) is 32.9 Å². The molecule has 0 fully saturated rings. The van der Waals surface area contributed by atoms with Gasteiger partial charge < -0.3 is 14.5 Å². The number of carbonyl (C=O) groups excluding carboxylic acids is 2. The van der Waals surface area contributed by atoms with Crippen molar-refractivity contribution in [3.63, 3.8) is 0 Å². The molecule has 0 saturated heterocycles. The fourth-order valence-electron chi connectivity index (χ4n) is 2.97. The highest BCUT2D eigenvalue weighted by molar-refractivity contribution is 5.99. The summed E-state index contributed by atoms with van der Waals surface area (Å²) in [5.74, 6) is -0.437. The van der Waals surface area contributed by atoms with Gasteiger partial charge in [-0.15, -0.1) is 0 Å². The number of hydrogen-bond acceptors (Lipinski definition) is 5. The van der Waals surface area contributed by atoms with E-state index in [2.05, 4.69) is 10.4 Å². The molecule has 136 valence electrons. The maximum absolute atomic E-state index is 12.4. The van der Waals surface area contributed by atoms with Gasteiger partial charge in [-0.2, -0.15) is 5.10 Å². The van der Waals surface area contributed by atoms with E-state index in [-0.39, 0.29) is 5.76 Å². The Morgan fingerprint density at radius 3 is 2.50 bits per heavy atom. The molecule has 0 saturated carbocycles. The summed E-state index contributed by atoms with van der Waals surface area (Å²) in [4.78, 5) is 24.4. The number of carbonyl (C=O) groups is 2. The van der Waals surface area contributed by atoms with Crippen LogP contribution < -0.4 is 5.32 Å². The van der Waals surface area contributed by atoms with Crippen LogP contribution in [0.5, 0.6) is 0 Å². The molecule has 26 heavy (non-hydrogen) atoms. The van der Waals surface area contributed by atoms with Crippen molar-refractivity contribution in [2.24, 2.45) is 7.05 Å². The molecule has 0 atom stereocenters. The lowest BCUT2D eigenvalue weighted by Gasteiger charge is -2.06. The monoisotopic (exact) mass is 355 g/mol. The van der Waals surface area contributed by atoms with Crippen molar-refractivity contribution in [2.45, 2.75) is 27.7 Å². The summed E-state index contributed by atoms with van der Waals surface area (Å²) in [7, 11) is 1.72. The Balaban J connectivity index is 1.72. The van der Waals surface area contributed by atoms with Crippen molar-refractivity contribution >= 4 is 28.7 Å². The summed E-state index contributed by atoms with van der Waals surface area (Å²) in [6.07, 6.45) is 0. The topological polar surface area (TPSA) is 86.4 Å². The molecule has 3 aromatic rings. The van der Waals surface area contributed by atoms with Crippen LogP contribution in [0, 0.1) is 27.7 Å². The molecular formula is C19H21N3O4. The van der Waals surface area contributed by atoms with Crippen molar-refractivity contribution < 1.29 is 18.7 Å². The van der Waals surface area contributed by atoms with Gasteiger partial charge in [-0.1, -0.05) is 12.1 Å². The normalized spacial score (nSPS) is 11.0. The van der Waals surface area contributed by atoms with Gasteiger partial charge in [-0.25, -0.2) is 4.79 Å². The fraction of sp³-hybridized carbons (Fsp3) is 0.316. The lowest BCUT2D eigenvalue weighted by atomic mass is 10.0. The summed E-state index contributed by atoms with van der Waals surface area (Å²) in [6.45, 7) is 7.11. The molecular weight excluding hydrogens is 334 g/mol. The number of benzene rings is 1. The van der Waals surface area contributed by atoms with Gasteiger partial charge in [-0.05, 0) is 38.8 Å². The Morgan fingerprint density at radius 1 is 1.19 bits per heavy atom. The summed E-state index contributed by atoms with van der Waals surface area (Å²) in [5, 5.41) is 7.70. The number of nitrogens with one attached hydrogen (secondary N) is 1. The molecule has 1 amide bonds. The van der Waals surface area contributed by atoms with E-state index < -0.39 is 18.5 Å². The number of hydrogen-bond donors (Lipinski definition) is 1. The second kappa shape index (κ2) is 6.67. The first-order chi connectivity index (χ1) is 12.3. The maximum atomic E-state index is 12.4. The van der Waals surface area contributed by atoms with Gasteiger partial charge >= 0.3 is 5.97 Å². The van der Waals surface area contributed by atoms with Crippen molar-refractivity contribution in [2.75, 3.05) is 11.9 Å². The van der Waals surface area contributed by atoms with E-state index in [1.807, 2.05) is 39.8 Å². The van der Waals surface area contributed by atoms with Crippen molar-refractivity contribution in [1.29, 1.82) is 0 Å². The van der Waals surface area contributed by atoms with Crippen LogP contribution in [-0.2, 0) is 16.6 Å². The molecule has 0 radical (unpaired) electrons. The van der Waals surface area contributed by atoms with E-state index in [1.165, 1.54) is 0 Å². The standard InChI is InChI=1S/C19H21N3O4/c1-10-6-7-11(2)17-16(10)13(4)18(26-17)19(24)25-9-15(23)20-14-8-12(3)21-22(14)5/h6-8H,9H2,1-5H3,(H,20,23). The summed E-state index contributed by atoms with van der Waals surface area (Å²) in [6, 6.07) is 5.66. The number of fused-ring (bicyclic) bond motifs is 1. The maximum Gasteiger partial charge on any atom is 0.375 e. The molecule has 0 aliphatic rings. The van der Waals surface area contributed by atoms with Gasteiger partial charge in [0.15, 0.2) is 6.61 Å². The van der Waals surface area contributed by atoms with Gasteiger partial charge in [-0.3, -0.25) is 9.48 Å². The first kappa shape index (κ1) is 17.7. The van der Waals surface area contributed by atoms with Crippen molar-refractivity contribution in [1.82, 2.24) is 9.78 Å². The van der Waals surface area contributed by atoms with Crippen LogP contribution in [0.4, 0.5) is 5.82 Å². The number of esters is 1. The van der Waals surface area contributed by atoms with E-state index in [0.717, 1.165) is 22.2 Å². The smallest absolute Gasteiger partial charge is 0.375 e. The summed E-state index contributed by atoms with van der Waals surface area (Å²) in [5.41, 5.74) is 4.13. The van der Waals surface area contributed by atoms with Crippen LogP contribution in [-0.4, -0.2) is 28.3 Å². The predicted octanol–water partition coefficient (Wildman–Crippen LogP) is 3.20.